The molecule has 92 valence electrons. The van der Waals surface area contributed by atoms with Gasteiger partial charge in [0.25, 0.3) is 5.91 Å². The summed E-state index contributed by atoms with van der Waals surface area (Å²) in [7, 11) is 0. The number of carbonyl (C=O) groups is 1. The molecule has 0 aromatic heterocycles. The molecule has 4 heteroatoms. The highest BCUT2D eigenvalue weighted by atomic mass is 32.2. The molecule has 3 rings (SSSR count). The molecule has 1 amide bonds. The fourth-order valence-corrected chi connectivity index (χ4v) is 4.91. The second kappa shape index (κ2) is 3.82. The van der Waals surface area contributed by atoms with E-state index in [-0.39, 0.29) is 5.91 Å². The van der Waals surface area contributed by atoms with Crippen LogP contribution in [0.4, 0.5) is 0 Å². The van der Waals surface area contributed by atoms with Crippen LogP contribution in [0.25, 0.3) is 0 Å². The molecule has 0 spiro atoms. The van der Waals surface area contributed by atoms with E-state index in [1.807, 2.05) is 0 Å². The van der Waals surface area contributed by atoms with Crippen molar-refractivity contribution in [1.82, 2.24) is 5.32 Å². The molecule has 2 aliphatic carbocycles. The van der Waals surface area contributed by atoms with Crippen molar-refractivity contribution < 1.29 is 4.79 Å². The van der Waals surface area contributed by atoms with Gasteiger partial charge in [-0.25, -0.2) is 0 Å². The van der Waals surface area contributed by atoms with Gasteiger partial charge in [0.05, 0.1) is 4.91 Å². The highest BCUT2D eigenvalue weighted by molar-refractivity contribution is 8.26. The lowest BCUT2D eigenvalue weighted by Gasteiger charge is -2.36. The number of allylic oxidation sites excluding steroid dienone is 1. The Bertz CT molecular complexity index is 427. The number of thioether (sulfide) groups is 1. The zero-order chi connectivity index (χ0) is 12.2. The highest BCUT2D eigenvalue weighted by Crippen LogP contribution is 2.60. The molecule has 1 aliphatic heterocycles. The van der Waals surface area contributed by atoms with Crippen LogP contribution in [0.1, 0.15) is 33.1 Å². The fraction of sp³-hybridized carbons (Fsp3) is 0.692. The summed E-state index contributed by atoms with van der Waals surface area (Å²) in [6.07, 6.45) is 6.25. The third-order valence-electron chi connectivity index (χ3n) is 4.87. The maximum absolute atomic E-state index is 11.7. The number of amides is 1. The summed E-state index contributed by atoms with van der Waals surface area (Å²) in [6, 6.07) is 0. The topological polar surface area (TPSA) is 29.1 Å². The Morgan fingerprint density at radius 1 is 1.47 bits per heavy atom. The minimum absolute atomic E-state index is 0.00132. The van der Waals surface area contributed by atoms with Crippen molar-refractivity contribution in [2.24, 2.45) is 23.2 Å². The molecule has 3 aliphatic rings. The van der Waals surface area contributed by atoms with Gasteiger partial charge in [0.1, 0.15) is 4.32 Å². The molecule has 17 heavy (non-hydrogen) atoms. The third-order valence-corrected chi connectivity index (χ3v) is 6.05. The van der Waals surface area contributed by atoms with Gasteiger partial charge in [0.15, 0.2) is 0 Å². The highest BCUT2D eigenvalue weighted by Gasteiger charge is 2.52. The lowest BCUT2D eigenvalue weighted by atomic mass is 9.68. The summed E-state index contributed by atoms with van der Waals surface area (Å²) in [6.45, 7) is 4.71. The smallest absolute Gasteiger partial charge is 0.263 e. The summed E-state index contributed by atoms with van der Waals surface area (Å²) < 4.78 is 0.599. The molecule has 1 saturated heterocycles. The average Bonchev–Trinajstić information content (AvgIpc) is 2.86. The van der Waals surface area contributed by atoms with E-state index in [4.69, 9.17) is 12.2 Å². The number of nitrogens with one attached hydrogen (secondary N) is 1. The predicted octanol–water partition coefficient (Wildman–Crippen LogP) is 3.09. The summed E-state index contributed by atoms with van der Waals surface area (Å²) in [5.74, 6) is 2.18. The first-order valence-electron chi connectivity index (χ1n) is 6.23. The van der Waals surface area contributed by atoms with Gasteiger partial charge in [0, 0.05) is 0 Å². The predicted molar refractivity (Wildman–Crippen MR) is 74.5 cm³/mol. The largest absolute Gasteiger partial charge is 0.307 e. The number of thiocarbonyl (C=S) groups is 1. The van der Waals surface area contributed by atoms with Gasteiger partial charge in [-0.1, -0.05) is 43.9 Å². The first-order valence-corrected chi connectivity index (χ1v) is 7.46. The van der Waals surface area contributed by atoms with Crippen LogP contribution in [0.15, 0.2) is 11.0 Å². The molecule has 3 atom stereocenters. The second-order valence-electron chi connectivity index (χ2n) is 5.99. The molecular weight excluding hydrogens is 250 g/mol. The fourth-order valence-electron chi connectivity index (χ4n) is 3.85. The van der Waals surface area contributed by atoms with Crippen LogP contribution in [0.2, 0.25) is 0 Å². The lowest BCUT2D eigenvalue weighted by Crippen LogP contribution is -2.29. The standard InChI is InChI=1S/C13H17NOS2/c1-13(2)8-4-3-7(5-8)9(13)6-10-11(15)14-12(16)17-10/h6-9H,3-5H2,1-2H3,(H,14,15,16)/b10-6+/t7-,8-,9?/m0/s1. The number of rotatable bonds is 1. The Morgan fingerprint density at radius 3 is 2.76 bits per heavy atom. The van der Waals surface area contributed by atoms with E-state index in [1.54, 1.807) is 0 Å². The van der Waals surface area contributed by atoms with E-state index >= 15 is 0 Å². The zero-order valence-corrected chi connectivity index (χ0v) is 11.8. The summed E-state index contributed by atoms with van der Waals surface area (Å²) in [4.78, 5) is 12.5. The average molecular weight is 267 g/mol. The van der Waals surface area contributed by atoms with Gasteiger partial charge in [-0.2, -0.15) is 0 Å². The van der Waals surface area contributed by atoms with Crippen LogP contribution in [0.3, 0.4) is 0 Å². The molecule has 0 aromatic rings. The van der Waals surface area contributed by atoms with E-state index in [9.17, 15) is 4.79 Å². The van der Waals surface area contributed by atoms with Gasteiger partial charge >= 0.3 is 0 Å². The van der Waals surface area contributed by atoms with Crippen LogP contribution < -0.4 is 5.32 Å². The Balaban J connectivity index is 1.88. The molecular formula is C13H17NOS2. The van der Waals surface area contributed by atoms with Crippen LogP contribution in [-0.4, -0.2) is 10.2 Å². The van der Waals surface area contributed by atoms with Crippen molar-refractivity contribution in [3.05, 3.63) is 11.0 Å². The van der Waals surface area contributed by atoms with Crippen molar-refractivity contribution in [1.29, 1.82) is 0 Å². The van der Waals surface area contributed by atoms with Gasteiger partial charge in [0.2, 0.25) is 0 Å². The lowest BCUT2D eigenvalue weighted by molar-refractivity contribution is -0.115. The first-order chi connectivity index (χ1) is 7.98. The van der Waals surface area contributed by atoms with Crippen LogP contribution in [0, 0.1) is 23.2 Å². The minimum Gasteiger partial charge on any atom is -0.307 e. The summed E-state index contributed by atoms with van der Waals surface area (Å²) in [5.41, 5.74) is 0.348. The van der Waals surface area contributed by atoms with Crippen LogP contribution in [0.5, 0.6) is 0 Å². The Hall–Kier alpha value is -0.350. The number of carbonyl (C=O) groups excluding carboxylic acids is 1. The molecule has 2 bridgehead atoms. The molecule has 1 unspecified atom stereocenters. The molecule has 2 nitrogen and oxygen atoms in total. The van der Waals surface area contributed by atoms with Gasteiger partial charge in [-0.05, 0) is 42.4 Å². The van der Waals surface area contributed by atoms with Crippen LogP contribution >= 0.6 is 24.0 Å². The Labute approximate surface area is 112 Å². The monoisotopic (exact) mass is 267 g/mol. The number of hydrogen-bond donors (Lipinski definition) is 1. The maximum atomic E-state index is 11.7. The van der Waals surface area contributed by atoms with Crippen molar-refractivity contribution in [3.63, 3.8) is 0 Å². The maximum Gasteiger partial charge on any atom is 0.263 e. The van der Waals surface area contributed by atoms with Crippen molar-refractivity contribution in [3.8, 4) is 0 Å². The Kier molecular flexibility index (Phi) is 2.63. The van der Waals surface area contributed by atoms with Crippen molar-refractivity contribution >= 4 is 34.2 Å². The third kappa shape index (κ3) is 1.76. The molecule has 1 heterocycles. The summed E-state index contributed by atoms with van der Waals surface area (Å²) >= 11 is 6.45. The zero-order valence-electron chi connectivity index (χ0n) is 10.2. The number of fused-ring (bicyclic) bond motifs is 2. The molecule has 0 aromatic carbocycles. The van der Waals surface area contributed by atoms with Crippen molar-refractivity contribution in [2.45, 2.75) is 33.1 Å². The molecule has 0 radical (unpaired) electrons. The van der Waals surface area contributed by atoms with Crippen LogP contribution in [-0.2, 0) is 4.79 Å². The van der Waals surface area contributed by atoms with Crippen molar-refractivity contribution in [2.75, 3.05) is 0 Å². The van der Waals surface area contributed by atoms with Gasteiger partial charge in [-0.3, -0.25) is 4.79 Å². The Morgan fingerprint density at radius 2 is 2.24 bits per heavy atom. The quantitative estimate of drug-likeness (QED) is 0.585. The minimum atomic E-state index is -0.00132. The van der Waals surface area contributed by atoms with E-state index in [0.717, 1.165) is 16.7 Å². The second-order valence-corrected chi connectivity index (χ2v) is 7.71. The summed E-state index contributed by atoms with van der Waals surface area (Å²) in [5, 5.41) is 2.70. The molecule has 2 saturated carbocycles. The first kappa shape index (κ1) is 11.7. The SMILES string of the molecule is CC1(C)C(/C=C2/SC(=S)NC2=O)[C@H]2CC[C@H]1C2. The van der Waals surface area contributed by atoms with E-state index in [1.165, 1.54) is 31.0 Å². The van der Waals surface area contributed by atoms with E-state index < -0.39 is 0 Å². The molecule has 3 fully saturated rings. The van der Waals surface area contributed by atoms with Gasteiger partial charge < -0.3 is 5.32 Å². The number of hydrogen-bond acceptors (Lipinski definition) is 3. The van der Waals surface area contributed by atoms with E-state index in [2.05, 4.69) is 25.2 Å². The molecule has 1 N–H and O–H groups in total. The van der Waals surface area contributed by atoms with E-state index in [0.29, 0.717) is 15.7 Å². The van der Waals surface area contributed by atoms with Gasteiger partial charge in [-0.15, -0.1) is 0 Å². The normalized spacial score (nSPS) is 41.3.